The lowest BCUT2D eigenvalue weighted by Crippen LogP contribution is -1.50. The van der Waals surface area contributed by atoms with Crippen LogP contribution in [0.15, 0.2) is 0 Å². The van der Waals surface area contributed by atoms with Gasteiger partial charge in [-0.15, -0.1) is 10.8 Å². The van der Waals surface area contributed by atoms with Gasteiger partial charge in [0.05, 0.1) is 0 Å². The molecule has 0 nitrogen and oxygen atoms in total. The lowest BCUT2D eigenvalue weighted by molar-refractivity contribution is 0.774. The van der Waals surface area contributed by atoms with Crippen molar-refractivity contribution in [1.29, 1.82) is 0 Å². The Hall–Kier alpha value is -1.83. The van der Waals surface area contributed by atoms with Crippen molar-refractivity contribution in [2.45, 2.75) is 0 Å². The molecule has 0 aliphatic rings. The molecule has 0 amide bonds. The topological polar surface area (TPSA) is 0 Å². The number of terminal acetylenes is 1. The lowest BCUT2D eigenvalue weighted by atomic mass is 10.5. The van der Waals surface area contributed by atoms with Crippen LogP contribution in [0.2, 0.25) is 0 Å². The zero-order valence-electron chi connectivity index (χ0n) is 4.46. The van der Waals surface area contributed by atoms with E-state index < -0.39 is 0 Å². The first-order valence-corrected chi connectivity index (χ1v) is 1.98. The molecule has 0 heterocycles. The molecule has 0 rings (SSSR count). The third-order valence-electron chi connectivity index (χ3n) is 0.369. The monoisotopic (exact) mass is 116 g/mol. The summed E-state index contributed by atoms with van der Waals surface area (Å²) in [5, 5.41) is 0. The summed E-state index contributed by atoms with van der Waals surface area (Å²) in [6, 6.07) is 0. The fourth-order valence-corrected chi connectivity index (χ4v) is 0.153. The van der Waals surface area contributed by atoms with E-state index in [-0.39, 0.29) is 0 Å². The number of hydrogen-bond acceptors (Lipinski definition) is 0. The van der Waals surface area contributed by atoms with E-state index in [0.717, 1.165) is 6.17 Å². The minimum absolute atomic E-state index is 1.10. The van der Waals surface area contributed by atoms with Crippen molar-refractivity contribution in [2.24, 2.45) is 0 Å². The normalized spacial score (nSPS) is 3.56. The zero-order chi connectivity index (χ0) is 6.95. The molecule has 0 saturated heterocycles. The predicted molar refractivity (Wildman–Crippen MR) is 33.3 cm³/mol. The molecular formula is C8HF. The van der Waals surface area contributed by atoms with E-state index >= 15 is 0 Å². The molecule has 0 aromatic heterocycles. The Morgan fingerprint density at radius 3 is 2.00 bits per heavy atom. The van der Waals surface area contributed by atoms with Crippen LogP contribution in [0.4, 0.5) is 4.39 Å². The Bertz CT molecular complexity index is 285. The summed E-state index contributed by atoms with van der Waals surface area (Å²) >= 11 is 0. The molecule has 40 valence electrons. The molecule has 0 N–H and O–H groups in total. The first-order chi connectivity index (χ1) is 4.41. The van der Waals surface area contributed by atoms with E-state index in [1.807, 2.05) is 11.8 Å². The average molecular weight is 116 g/mol. The van der Waals surface area contributed by atoms with Crippen molar-refractivity contribution in [3.05, 3.63) is 0 Å². The highest BCUT2D eigenvalue weighted by Gasteiger charge is 1.52. The van der Waals surface area contributed by atoms with Crippen LogP contribution in [0.3, 0.4) is 0 Å². The summed E-state index contributed by atoms with van der Waals surface area (Å²) in [6.07, 6.45) is 5.84. The molecule has 1 heteroatoms. The molecule has 0 spiro atoms. The number of hydrogen-bond donors (Lipinski definition) is 0. The van der Waals surface area contributed by atoms with Gasteiger partial charge in [0.15, 0.2) is 0 Å². The average Bonchev–Trinajstić information content (AvgIpc) is 1.89. The van der Waals surface area contributed by atoms with Gasteiger partial charge in [-0.1, -0.05) is 0 Å². The zero-order valence-corrected chi connectivity index (χ0v) is 4.46. The summed E-state index contributed by atoms with van der Waals surface area (Å²) < 4.78 is 11.0. The van der Waals surface area contributed by atoms with Gasteiger partial charge in [0.25, 0.3) is 0 Å². The molecule has 0 fully saturated rings. The lowest BCUT2D eigenvalue weighted by Gasteiger charge is -1.50. The van der Waals surface area contributed by atoms with Crippen molar-refractivity contribution in [3.63, 3.8) is 0 Å². The van der Waals surface area contributed by atoms with E-state index in [1.54, 1.807) is 0 Å². The van der Waals surface area contributed by atoms with Gasteiger partial charge in [-0.3, -0.25) is 0 Å². The van der Waals surface area contributed by atoms with E-state index in [2.05, 4.69) is 23.7 Å². The summed E-state index contributed by atoms with van der Waals surface area (Å²) in [6.45, 7) is 0. The third kappa shape index (κ3) is 6.17. The molecule has 0 aliphatic carbocycles. The van der Waals surface area contributed by atoms with Crippen molar-refractivity contribution in [1.82, 2.24) is 0 Å². The molecule has 0 unspecified atom stereocenters. The van der Waals surface area contributed by atoms with Gasteiger partial charge in [-0.25, -0.2) is 0 Å². The van der Waals surface area contributed by atoms with E-state index in [0.29, 0.717) is 0 Å². The van der Waals surface area contributed by atoms with E-state index in [4.69, 9.17) is 6.42 Å². The van der Waals surface area contributed by atoms with Crippen LogP contribution < -0.4 is 0 Å². The van der Waals surface area contributed by atoms with Gasteiger partial charge < -0.3 is 0 Å². The molecule has 0 aliphatic heterocycles. The summed E-state index contributed by atoms with van der Waals surface area (Å²) in [5.41, 5.74) is 0. The molecule has 9 heavy (non-hydrogen) atoms. The third-order valence-corrected chi connectivity index (χ3v) is 0.369. The highest BCUT2D eigenvalue weighted by molar-refractivity contribution is 5.38. The van der Waals surface area contributed by atoms with Gasteiger partial charge >= 0.3 is 0 Å². The molecule has 0 atom stereocenters. The van der Waals surface area contributed by atoms with Crippen LogP contribution in [0, 0.1) is 48.1 Å². The van der Waals surface area contributed by atoms with Crippen LogP contribution >= 0.6 is 0 Å². The maximum Gasteiger partial charge on any atom is 0.119 e. The fourth-order valence-electron chi connectivity index (χ4n) is 0.153. The molecule has 0 aromatic rings. The van der Waals surface area contributed by atoms with Gasteiger partial charge in [0.1, 0.15) is 6.17 Å². The largest absolute Gasteiger partial charge is 0.143 e. The Kier molecular flexibility index (Phi) is 4.92. The van der Waals surface area contributed by atoms with Crippen molar-refractivity contribution >= 4 is 0 Å². The predicted octanol–water partition coefficient (Wildman–Crippen LogP) is 0.557. The van der Waals surface area contributed by atoms with Gasteiger partial charge in [0, 0.05) is 17.8 Å². The van der Waals surface area contributed by atoms with Crippen molar-refractivity contribution < 1.29 is 4.39 Å². The molecule has 0 aromatic carbocycles. The summed E-state index contributed by atoms with van der Waals surface area (Å²) in [5.74, 6) is 12.7. The maximum absolute atomic E-state index is 11.0. The standard InChI is InChI=1S/C8HF/c1-2-3-4-5-6-7-8-9/h1H. The number of halogens is 1. The highest BCUT2D eigenvalue weighted by atomic mass is 19.1. The first-order valence-electron chi connectivity index (χ1n) is 1.98. The fraction of sp³-hybridized carbons (Fsp3) is 0. The molecular weight excluding hydrogens is 115 g/mol. The number of rotatable bonds is 0. The Labute approximate surface area is 53.5 Å². The minimum Gasteiger partial charge on any atom is -0.143 e. The van der Waals surface area contributed by atoms with Crippen LogP contribution in [0.1, 0.15) is 0 Å². The highest BCUT2D eigenvalue weighted by Crippen LogP contribution is 1.54. The van der Waals surface area contributed by atoms with Gasteiger partial charge in [-0.05, 0) is 17.8 Å². The summed E-state index contributed by atoms with van der Waals surface area (Å²) in [7, 11) is 0. The van der Waals surface area contributed by atoms with Gasteiger partial charge in [-0.2, -0.15) is 0 Å². The second kappa shape index (κ2) is 6.17. The Morgan fingerprint density at radius 1 is 0.889 bits per heavy atom. The first kappa shape index (κ1) is 7.17. The molecule has 0 saturated carbocycles. The Morgan fingerprint density at radius 2 is 1.44 bits per heavy atom. The minimum atomic E-state index is 1.10. The smallest absolute Gasteiger partial charge is 0.119 e. The van der Waals surface area contributed by atoms with Crippen LogP contribution in [0.25, 0.3) is 0 Å². The SMILES string of the molecule is C#CC#CC#CC#CF. The summed E-state index contributed by atoms with van der Waals surface area (Å²) in [4.78, 5) is 0. The second-order valence-electron chi connectivity index (χ2n) is 0.864. The molecule has 0 bridgehead atoms. The van der Waals surface area contributed by atoms with Crippen molar-refractivity contribution in [3.8, 4) is 48.1 Å². The van der Waals surface area contributed by atoms with Crippen LogP contribution in [-0.4, -0.2) is 0 Å². The van der Waals surface area contributed by atoms with E-state index in [1.165, 1.54) is 0 Å². The van der Waals surface area contributed by atoms with Crippen LogP contribution in [-0.2, 0) is 0 Å². The second-order valence-corrected chi connectivity index (χ2v) is 0.864. The van der Waals surface area contributed by atoms with Crippen LogP contribution in [0.5, 0.6) is 0 Å². The molecule has 0 radical (unpaired) electrons. The quantitative estimate of drug-likeness (QED) is 0.405. The van der Waals surface area contributed by atoms with Crippen molar-refractivity contribution in [2.75, 3.05) is 0 Å². The van der Waals surface area contributed by atoms with E-state index in [9.17, 15) is 4.39 Å². The maximum atomic E-state index is 11.0. The Balaban J connectivity index is 3.90. The van der Waals surface area contributed by atoms with Gasteiger partial charge in [0.2, 0.25) is 0 Å².